The SMILES string of the molecule is CCC(CC)C(O)Cc1c(F)cccc1Cl. The summed E-state index contributed by atoms with van der Waals surface area (Å²) < 4.78 is 13.5. The van der Waals surface area contributed by atoms with E-state index in [4.69, 9.17) is 11.6 Å². The molecule has 0 saturated carbocycles. The Kier molecular flexibility index (Phi) is 5.23. The maximum atomic E-state index is 13.5. The molecule has 1 unspecified atom stereocenters. The Bertz CT molecular complexity index is 316. The van der Waals surface area contributed by atoms with Gasteiger partial charge in [0.15, 0.2) is 0 Å². The first-order valence-corrected chi connectivity index (χ1v) is 6.08. The summed E-state index contributed by atoms with van der Waals surface area (Å²) in [5, 5.41) is 10.4. The van der Waals surface area contributed by atoms with E-state index in [9.17, 15) is 9.50 Å². The molecule has 1 aromatic carbocycles. The van der Waals surface area contributed by atoms with Crippen molar-refractivity contribution < 1.29 is 9.50 Å². The molecule has 1 rings (SSSR count). The molecule has 1 N–H and O–H groups in total. The summed E-state index contributed by atoms with van der Waals surface area (Å²) in [4.78, 5) is 0. The first-order chi connectivity index (χ1) is 7.60. The zero-order valence-corrected chi connectivity index (χ0v) is 10.5. The van der Waals surface area contributed by atoms with Crippen molar-refractivity contribution in [3.05, 3.63) is 34.6 Å². The molecule has 0 aliphatic carbocycles. The average molecular weight is 245 g/mol. The minimum atomic E-state index is -0.524. The average Bonchev–Trinajstić information content (AvgIpc) is 2.25. The van der Waals surface area contributed by atoms with Crippen LogP contribution in [0.15, 0.2) is 18.2 Å². The fraction of sp³-hybridized carbons (Fsp3) is 0.538. The molecular weight excluding hydrogens is 227 g/mol. The third-order valence-electron chi connectivity index (χ3n) is 3.07. The molecule has 0 heterocycles. The molecule has 0 radical (unpaired) electrons. The zero-order chi connectivity index (χ0) is 12.1. The zero-order valence-electron chi connectivity index (χ0n) is 9.71. The molecule has 0 amide bonds. The lowest BCUT2D eigenvalue weighted by molar-refractivity contribution is 0.102. The molecule has 90 valence electrons. The van der Waals surface area contributed by atoms with Crippen LogP contribution >= 0.6 is 11.6 Å². The summed E-state index contributed by atoms with van der Waals surface area (Å²) in [5.74, 6) is -0.131. The summed E-state index contributed by atoms with van der Waals surface area (Å²) >= 11 is 5.91. The largest absolute Gasteiger partial charge is 0.392 e. The highest BCUT2D eigenvalue weighted by Gasteiger charge is 2.19. The molecule has 0 aromatic heterocycles. The Labute approximate surface area is 101 Å². The molecular formula is C13H18ClFO. The standard InChI is InChI=1S/C13H18ClFO/c1-3-9(4-2)13(16)8-10-11(14)6-5-7-12(10)15/h5-7,9,13,16H,3-4,8H2,1-2H3. The highest BCUT2D eigenvalue weighted by Crippen LogP contribution is 2.24. The Hall–Kier alpha value is -0.600. The summed E-state index contributed by atoms with van der Waals surface area (Å²) in [7, 11) is 0. The second kappa shape index (κ2) is 6.21. The van der Waals surface area contributed by atoms with Crippen molar-refractivity contribution in [1.82, 2.24) is 0 Å². The third-order valence-corrected chi connectivity index (χ3v) is 3.42. The van der Waals surface area contributed by atoms with Gasteiger partial charge in [0.1, 0.15) is 5.82 Å². The van der Waals surface area contributed by atoms with Crippen molar-refractivity contribution in [2.75, 3.05) is 0 Å². The number of hydrogen-bond donors (Lipinski definition) is 1. The van der Waals surface area contributed by atoms with Crippen molar-refractivity contribution >= 4 is 11.6 Å². The smallest absolute Gasteiger partial charge is 0.127 e. The number of benzene rings is 1. The van der Waals surface area contributed by atoms with Crippen LogP contribution in [0.25, 0.3) is 0 Å². The minimum Gasteiger partial charge on any atom is -0.392 e. The molecule has 0 aliphatic heterocycles. The summed E-state index contributed by atoms with van der Waals surface area (Å²) in [5.41, 5.74) is 0.420. The van der Waals surface area contributed by atoms with E-state index in [1.165, 1.54) is 6.07 Å². The van der Waals surface area contributed by atoms with Crippen LogP contribution in [0, 0.1) is 11.7 Å². The normalized spacial score (nSPS) is 13.1. The molecule has 0 saturated heterocycles. The highest BCUT2D eigenvalue weighted by atomic mass is 35.5. The lowest BCUT2D eigenvalue weighted by Crippen LogP contribution is -2.22. The van der Waals surface area contributed by atoms with E-state index in [2.05, 4.69) is 0 Å². The second-order valence-electron chi connectivity index (χ2n) is 4.05. The molecule has 0 spiro atoms. The van der Waals surface area contributed by atoms with Crippen LogP contribution in [-0.2, 0) is 6.42 Å². The molecule has 1 aromatic rings. The van der Waals surface area contributed by atoms with Crippen LogP contribution in [-0.4, -0.2) is 11.2 Å². The van der Waals surface area contributed by atoms with Gasteiger partial charge < -0.3 is 5.11 Å². The maximum absolute atomic E-state index is 13.5. The molecule has 16 heavy (non-hydrogen) atoms. The quantitative estimate of drug-likeness (QED) is 0.835. The van der Waals surface area contributed by atoms with Crippen molar-refractivity contribution in [3.8, 4) is 0 Å². The minimum absolute atomic E-state index is 0.204. The Morgan fingerprint density at radius 1 is 1.31 bits per heavy atom. The number of rotatable bonds is 5. The van der Waals surface area contributed by atoms with Crippen LogP contribution in [0.2, 0.25) is 5.02 Å². The fourth-order valence-corrected chi connectivity index (χ4v) is 2.18. The van der Waals surface area contributed by atoms with Gasteiger partial charge in [0.05, 0.1) is 6.10 Å². The van der Waals surface area contributed by atoms with E-state index in [1.807, 2.05) is 13.8 Å². The lowest BCUT2D eigenvalue weighted by atomic mass is 9.92. The lowest BCUT2D eigenvalue weighted by Gasteiger charge is -2.20. The topological polar surface area (TPSA) is 20.2 Å². The molecule has 0 bridgehead atoms. The highest BCUT2D eigenvalue weighted by molar-refractivity contribution is 6.31. The van der Waals surface area contributed by atoms with Gasteiger partial charge in [0.25, 0.3) is 0 Å². The summed E-state index contributed by atoms with van der Waals surface area (Å²) in [6.45, 7) is 4.06. The molecule has 1 nitrogen and oxygen atoms in total. The Morgan fingerprint density at radius 3 is 2.44 bits per heavy atom. The van der Waals surface area contributed by atoms with E-state index in [1.54, 1.807) is 12.1 Å². The van der Waals surface area contributed by atoms with Gasteiger partial charge in [0.2, 0.25) is 0 Å². The molecule has 1 atom stereocenters. The number of hydrogen-bond acceptors (Lipinski definition) is 1. The molecule has 0 fully saturated rings. The first-order valence-electron chi connectivity index (χ1n) is 5.71. The van der Waals surface area contributed by atoms with Crippen LogP contribution in [0.5, 0.6) is 0 Å². The molecule has 0 aliphatic rings. The van der Waals surface area contributed by atoms with E-state index in [0.29, 0.717) is 10.6 Å². The van der Waals surface area contributed by atoms with E-state index in [-0.39, 0.29) is 18.2 Å². The Balaban J connectivity index is 2.80. The number of halogens is 2. The van der Waals surface area contributed by atoms with Gasteiger partial charge in [-0.2, -0.15) is 0 Å². The van der Waals surface area contributed by atoms with Crippen molar-refractivity contribution in [1.29, 1.82) is 0 Å². The van der Waals surface area contributed by atoms with Crippen LogP contribution in [0.4, 0.5) is 4.39 Å². The summed E-state index contributed by atoms with van der Waals surface area (Å²) in [6.07, 6.45) is 1.55. The number of aliphatic hydroxyl groups is 1. The van der Waals surface area contributed by atoms with Gasteiger partial charge in [-0.3, -0.25) is 0 Å². The fourth-order valence-electron chi connectivity index (χ4n) is 1.94. The van der Waals surface area contributed by atoms with Crippen molar-refractivity contribution in [2.24, 2.45) is 5.92 Å². The van der Waals surface area contributed by atoms with Gasteiger partial charge in [-0.25, -0.2) is 4.39 Å². The van der Waals surface area contributed by atoms with Crippen LogP contribution in [0.3, 0.4) is 0 Å². The van der Waals surface area contributed by atoms with Crippen molar-refractivity contribution in [3.63, 3.8) is 0 Å². The van der Waals surface area contributed by atoms with E-state index < -0.39 is 6.10 Å². The van der Waals surface area contributed by atoms with E-state index in [0.717, 1.165) is 12.8 Å². The predicted octanol–water partition coefficient (Wildman–Crippen LogP) is 3.82. The first kappa shape index (κ1) is 13.5. The van der Waals surface area contributed by atoms with Gasteiger partial charge in [-0.15, -0.1) is 0 Å². The Morgan fingerprint density at radius 2 is 1.94 bits per heavy atom. The van der Waals surface area contributed by atoms with Gasteiger partial charge in [0, 0.05) is 17.0 Å². The van der Waals surface area contributed by atoms with Crippen molar-refractivity contribution in [2.45, 2.75) is 39.2 Å². The third kappa shape index (κ3) is 3.19. The van der Waals surface area contributed by atoms with Gasteiger partial charge in [-0.05, 0) is 18.1 Å². The molecule has 3 heteroatoms. The van der Waals surface area contributed by atoms with Crippen LogP contribution < -0.4 is 0 Å². The van der Waals surface area contributed by atoms with Gasteiger partial charge >= 0.3 is 0 Å². The summed E-state index contributed by atoms with van der Waals surface area (Å²) in [6, 6.07) is 4.60. The monoisotopic (exact) mass is 244 g/mol. The van der Waals surface area contributed by atoms with E-state index >= 15 is 0 Å². The second-order valence-corrected chi connectivity index (χ2v) is 4.46. The maximum Gasteiger partial charge on any atom is 0.127 e. The predicted molar refractivity (Wildman–Crippen MR) is 65.2 cm³/mol. The van der Waals surface area contributed by atoms with Gasteiger partial charge in [-0.1, -0.05) is 44.4 Å². The van der Waals surface area contributed by atoms with Crippen LogP contribution in [0.1, 0.15) is 32.3 Å². The number of aliphatic hydroxyl groups excluding tert-OH is 1.